The summed E-state index contributed by atoms with van der Waals surface area (Å²) >= 11 is 0. The zero-order chi connectivity index (χ0) is 29.0. The lowest BCUT2D eigenvalue weighted by Gasteiger charge is -2.43. The molecule has 0 aromatic heterocycles. The second kappa shape index (κ2) is 12.0. The summed E-state index contributed by atoms with van der Waals surface area (Å²) in [7, 11) is 0. The molecule has 0 radical (unpaired) electrons. The van der Waals surface area contributed by atoms with Gasteiger partial charge >= 0.3 is 6.18 Å². The average molecular weight is 564 g/mol. The van der Waals surface area contributed by atoms with E-state index in [9.17, 15) is 22.8 Å². The first kappa shape index (κ1) is 28.7. The number of anilines is 1. The zero-order valence-electron chi connectivity index (χ0n) is 23.2. The number of nitrogens with one attached hydrogen (secondary N) is 1. The van der Waals surface area contributed by atoms with Crippen LogP contribution in [0.5, 0.6) is 0 Å². The number of nitrogens with zero attached hydrogens (tertiary/aromatic N) is 2. The van der Waals surface area contributed by atoms with Crippen molar-refractivity contribution in [2.45, 2.75) is 50.2 Å². The number of alkyl halides is 3. The Bertz CT molecular complexity index is 1310. The normalized spacial score (nSPS) is 18.5. The molecule has 216 valence electrons. The molecule has 2 saturated heterocycles. The number of rotatable bonds is 6. The number of likely N-dealkylation sites (tertiary alicyclic amines) is 1. The van der Waals surface area contributed by atoms with E-state index in [4.69, 9.17) is 0 Å². The summed E-state index contributed by atoms with van der Waals surface area (Å²) in [5, 5.41) is 3.23. The molecule has 5 rings (SSSR count). The summed E-state index contributed by atoms with van der Waals surface area (Å²) in [6.07, 6.45) is -1.98. The van der Waals surface area contributed by atoms with E-state index in [0.717, 1.165) is 28.9 Å². The third-order valence-corrected chi connectivity index (χ3v) is 8.74. The highest BCUT2D eigenvalue weighted by Crippen LogP contribution is 2.38. The van der Waals surface area contributed by atoms with Crippen molar-refractivity contribution in [3.8, 4) is 0 Å². The topological polar surface area (TPSA) is 52.7 Å². The van der Waals surface area contributed by atoms with Crippen LogP contribution in [0, 0.1) is 5.92 Å². The van der Waals surface area contributed by atoms with Gasteiger partial charge in [-0.05, 0) is 68.0 Å². The van der Waals surface area contributed by atoms with Crippen LogP contribution in [0.25, 0.3) is 0 Å². The third-order valence-electron chi connectivity index (χ3n) is 8.74. The van der Waals surface area contributed by atoms with Crippen molar-refractivity contribution in [3.63, 3.8) is 0 Å². The molecule has 3 aromatic carbocycles. The van der Waals surface area contributed by atoms with E-state index < -0.39 is 17.2 Å². The molecule has 2 fully saturated rings. The first-order valence-electron chi connectivity index (χ1n) is 14.3. The van der Waals surface area contributed by atoms with E-state index in [0.29, 0.717) is 51.9 Å². The molecule has 2 amide bonds. The van der Waals surface area contributed by atoms with Gasteiger partial charge in [-0.3, -0.25) is 9.59 Å². The van der Waals surface area contributed by atoms with Gasteiger partial charge in [0.2, 0.25) is 11.8 Å². The van der Waals surface area contributed by atoms with Gasteiger partial charge in [0, 0.05) is 37.8 Å². The van der Waals surface area contributed by atoms with Crippen LogP contribution in [-0.4, -0.2) is 42.9 Å². The maximum Gasteiger partial charge on any atom is 0.416 e. The van der Waals surface area contributed by atoms with E-state index in [1.165, 1.54) is 12.1 Å². The van der Waals surface area contributed by atoms with Gasteiger partial charge in [0.15, 0.2) is 0 Å². The molecule has 1 N–H and O–H groups in total. The Balaban J connectivity index is 1.21. The minimum Gasteiger partial charge on any atom is -0.371 e. The molecular weight excluding hydrogens is 527 g/mol. The molecule has 2 aliphatic rings. The predicted octanol–water partition coefficient (Wildman–Crippen LogP) is 6.36. The summed E-state index contributed by atoms with van der Waals surface area (Å²) in [5.41, 5.74) is 1.37. The third kappa shape index (κ3) is 6.26. The van der Waals surface area contributed by atoms with Crippen molar-refractivity contribution in [1.29, 1.82) is 0 Å². The summed E-state index contributed by atoms with van der Waals surface area (Å²) in [4.78, 5) is 31.3. The van der Waals surface area contributed by atoms with Crippen LogP contribution in [0.1, 0.15) is 55.3 Å². The summed E-state index contributed by atoms with van der Waals surface area (Å²) in [6, 6.07) is 24.8. The van der Waals surface area contributed by atoms with Gasteiger partial charge in [0.05, 0.1) is 17.0 Å². The first-order valence-corrected chi connectivity index (χ1v) is 14.3. The average Bonchev–Trinajstić information content (AvgIpc) is 3.01. The van der Waals surface area contributed by atoms with Gasteiger partial charge < -0.3 is 15.1 Å². The standard InChI is InChI=1S/C33H36F3N3O2/c1-24(25-8-4-2-5-9-25)37-31(41)32(27-10-6-3-7-11-27)18-22-39(23-19-32)30(40)26-16-20-38(21-17-26)29-14-12-28(13-15-29)33(34,35)36/h2-15,24,26H,16-23H2,1H3,(H,37,41). The highest BCUT2D eigenvalue weighted by molar-refractivity contribution is 5.89. The van der Waals surface area contributed by atoms with E-state index in [1.54, 1.807) is 0 Å². The van der Waals surface area contributed by atoms with Crippen molar-refractivity contribution >= 4 is 17.5 Å². The van der Waals surface area contributed by atoms with Gasteiger partial charge in [0.25, 0.3) is 0 Å². The quantitative estimate of drug-likeness (QED) is 0.380. The molecule has 2 heterocycles. The summed E-state index contributed by atoms with van der Waals surface area (Å²) in [5.74, 6) is -0.0364. The molecule has 2 aliphatic heterocycles. The number of hydrogen-bond acceptors (Lipinski definition) is 3. The minimum atomic E-state index is -4.36. The molecule has 41 heavy (non-hydrogen) atoms. The van der Waals surface area contributed by atoms with E-state index in [1.807, 2.05) is 77.4 Å². The van der Waals surface area contributed by atoms with Crippen LogP contribution in [0.3, 0.4) is 0 Å². The Morgan fingerprint density at radius 2 is 1.39 bits per heavy atom. The molecular formula is C33H36F3N3O2. The molecule has 1 unspecified atom stereocenters. The number of benzene rings is 3. The maximum atomic E-state index is 13.8. The van der Waals surface area contributed by atoms with Gasteiger partial charge in [-0.1, -0.05) is 60.7 Å². The molecule has 1 atom stereocenters. The molecule has 0 spiro atoms. The lowest BCUT2D eigenvalue weighted by molar-refractivity contribution is -0.140. The lowest BCUT2D eigenvalue weighted by atomic mass is 9.71. The van der Waals surface area contributed by atoms with Crippen molar-refractivity contribution in [1.82, 2.24) is 10.2 Å². The highest BCUT2D eigenvalue weighted by Gasteiger charge is 2.45. The van der Waals surface area contributed by atoms with E-state index in [-0.39, 0.29) is 23.8 Å². The summed E-state index contributed by atoms with van der Waals surface area (Å²) in [6.45, 7) is 4.22. The van der Waals surface area contributed by atoms with E-state index >= 15 is 0 Å². The molecule has 0 saturated carbocycles. The predicted molar refractivity (Wildman–Crippen MR) is 153 cm³/mol. The highest BCUT2D eigenvalue weighted by atomic mass is 19.4. The number of amides is 2. The fourth-order valence-corrected chi connectivity index (χ4v) is 6.18. The Morgan fingerprint density at radius 3 is 1.95 bits per heavy atom. The number of piperidine rings is 2. The van der Waals surface area contributed by atoms with Crippen molar-refractivity contribution in [2.24, 2.45) is 5.92 Å². The van der Waals surface area contributed by atoms with Crippen molar-refractivity contribution in [3.05, 3.63) is 102 Å². The molecule has 0 aliphatic carbocycles. The van der Waals surface area contributed by atoms with Crippen LogP contribution in [0.15, 0.2) is 84.9 Å². The zero-order valence-corrected chi connectivity index (χ0v) is 23.2. The van der Waals surface area contributed by atoms with Gasteiger partial charge in [-0.25, -0.2) is 0 Å². The van der Waals surface area contributed by atoms with Gasteiger partial charge in [0.1, 0.15) is 0 Å². The first-order chi connectivity index (χ1) is 19.7. The number of carbonyl (C=O) groups is 2. The number of halogens is 3. The molecule has 3 aromatic rings. The Labute approximate surface area is 239 Å². The number of hydrogen-bond donors (Lipinski definition) is 1. The van der Waals surface area contributed by atoms with Crippen LogP contribution < -0.4 is 10.2 Å². The fraction of sp³-hybridized carbons (Fsp3) is 0.394. The van der Waals surface area contributed by atoms with Crippen LogP contribution in [0.4, 0.5) is 18.9 Å². The molecule has 0 bridgehead atoms. The Kier molecular flexibility index (Phi) is 8.38. The van der Waals surface area contributed by atoms with Gasteiger partial charge in [-0.2, -0.15) is 13.2 Å². The maximum absolute atomic E-state index is 13.8. The van der Waals surface area contributed by atoms with Crippen LogP contribution in [-0.2, 0) is 21.2 Å². The fourth-order valence-electron chi connectivity index (χ4n) is 6.18. The largest absolute Gasteiger partial charge is 0.416 e. The Hall–Kier alpha value is -3.81. The van der Waals surface area contributed by atoms with Crippen LogP contribution in [0.2, 0.25) is 0 Å². The van der Waals surface area contributed by atoms with Crippen molar-refractivity contribution < 1.29 is 22.8 Å². The van der Waals surface area contributed by atoms with E-state index in [2.05, 4.69) is 5.32 Å². The van der Waals surface area contributed by atoms with Crippen molar-refractivity contribution in [2.75, 3.05) is 31.1 Å². The van der Waals surface area contributed by atoms with Gasteiger partial charge in [-0.15, -0.1) is 0 Å². The monoisotopic (exact) mass is 563 g/mol. The Morgan fingerprint density at radius 1 is 0.829 bits per heavy atom. The SMILES string of the molecule is CC(NC(=O)C1(c2ccccc2)CCN(C(=O)C2CCN(c3ccc(C(F)(F)F)cc3)CC2)CC1)c1ccccc1. The smallest absolute Gasteiger partial charge is 0.371 e. The molecule has 8 heteroatoms. The number of carbonyl (C=O) groups excluding carboxylic acids is 2. The summed E-state index contributed by atoms with van der Waals surface area (Å²) < 4.78 is 38.7. The minimum absolute atomic E-state index is 0.0167. The second-order valence-corrected chi connectivity index (χ2v) is 11.2. The lowest BCUT2D eigenvalue weighted by Crippen LogP contribution is -2.54. The van der Waals surface area contributed by atoms with Crippen LogP contribution >= 0.6 is 0 Å². The molecule has 5 nitrogen and oxygen atoms in total. The second-order valence-electron chi connectivity index (χ2n) is 11.2.